The number of nitrogens with zero attached hydrogens (tertiary/aromatic N) is 3. The van der Waals surface area contributed by atoms with Gasteiger partial charge in [0, 0.05) is 26.1 Å². The highest BCUT2D eigenvalue weighted by Crippen LogP contribution is 2.11. The molecule has 2 aromatic rings. The second-order valence-electron chi connectivity index (χ2n) is 5.66. The third-order valence-electron chi connectivity index (χ3n) is 3.91. The van der Waals surface area contributed by atoms with E-state index in [9.17, 15) is 0 Å². The van der Waals surface area contributed by atoms with Gasteiger partial charge in [-0.1, -0.05) is 29.8 Å². The molecule has 1 saturated heterocycles. The molecule has 0 radical (unpaired) electrons. The molecule has 0 atom stereocenters. The van der Waals surface area contributed by atoms with Crippen LogP contribution < -0.4 is 10.2 Å². The molecule has 0 aliphatic carbocycles. The van der Waals surface area contributed by atoms with E-state index >= 15 is 0 Å². The van der Waals surface area contributed by atoms with Gasteiger partial charge in [-0.15, -0.1) is 5.10 Å². The summed E-state index contributed by atoms with van der Waals surface area (Å²) in [5.74, 6) is 1.82. The van der Waals surface area contributed by atoms with Crippen LogP contribution in [0.4, 0.5) is 5.95 Å². The van der Waals surface area contributed by atoms with E-state index < -0.39 is 0 Å². The summed E-state index contributed by atoms with van der Waals surface area (Å²) in [7, 11) is 0. The van der Waals surface area contributed by atoms with Gasteiger partial charge in [0.1, 0.15) is 5.82 Å². The normalized spacial score (nSPS) is 16.0. The highest BCUT2D eigenvalue weighted by Gasteiger charge is 2.13. The lowest BCUT2D eigenvalue weighted by molar-refractivity contribution is 0.724. The van der Waals surface area contributed by atoms with Gasteiger partial charge in [-0.2, -0.15) is 4.98 Å². The number of nitrogens with one attached hydrogen (secondary N) is 2. The van der Waals surface area contributed by atoms with Crippen molar-refractivity contribution in [2.75, 3.05) is 31.1 Å². The molecule has 5 nitrogen and oxygen atoms in total. The highest BCUT2D eigenvalue weighted by molar-refractivity contribution is 5.29. The summed E-state index contributed by atoms with van der Waals surface area (Å²) in [6.07, 6.45) is 3.05. The number of rotatable bonds is 4. The Morgan fingerprint density at radius 2 is 1.95 bits per heavy atom. The maximum absolute atomic E-state index is 4.64. The largest absolute Gasteiger partial charge is 0.338 e. The number of H-pyrrole nitrogens is 1. The molecule has 0 spiro atoms. The molecule has 1 aliphatic rings. The van der Waals surface area contributed by atoms with E-state index in [1.165, 1.54) is 11.1 Å². The molecular formula is C16H23N5. The number of aryl methyl sites for hydroxylation is 3. The first-order valence-corrected chi connectivity index (χ1v) is 7.74. The molecule has 1 aliphatic heterocycles. The Morgan fingerprint density at radius 3 is 2.81 bits per heavy atom. The van der Waals surface area contributed by atoms with Crippen molar-refractivity contribution in [1.29, 1.82) is 0 Å². The lowest BCUT2D eigenvalue weighted by atomic mass is 10.1. The van der Waals surface area contributed by atoms with Crippen LogP contribution in [0.25, 0.3) is 0 Å². The number of aromatic amines is 1. The van der Waals surface area contributed by atoms with Gasteiger partial charge >= 0.3 is 0 Å². The second-order valence-corrected chi connectivity index (χ2v) is 5.66. The molecule has 0 saturated carbocycles. The Hall–Kier alpha value is -1.88. The lowest BCUT2D eigenvalue weighted by Gasteiger charge is -2.16. The van der Waals surface area contributed by atoms with E-state index in [0.29, 0.717) is 0 Å². The summed E-state index contributed by atoms with van der Waals surface area (Å²) in [5.41, 5.74) is 2.65. The quantitative estimate of drug-likeness (QED) is 0.898. The summed E-state index contributed by atoms with van der Waals surface area (Å²) in [6.45, 7) is 6.22. The van der Waals surface area contributed by atoms with Crippen LogP contribution in [0.1, 0.15) is 23.4 Å². The van der Waals surface area contributed by atoms with E-state index in [-0.39, 0.29) is 0 Å². The predicted molar refractivity (Wildman–Crippen MR) is 84.7 cm³/mol. The summed E-state index contributed by atoms with van der Waals surface area (Å²) < 4.78 is 0. The smallest absolute Gasteiger partial charge is 0.244 e. The van der Waals surface area contributed by atoms with E-state index in [1.807, 2.05) is 0 Å². The Labute approximate surface area is 125 Å². The van der Waals surface area contributed by atoms with Crippen LogP contribution in [0.5, 0.6) is 0 Å². The molecule has 3 rings (SSSR count). The van der Waals surface area contributed by atoms with Crippen LogP contribution in [0.15, 0.2) is 24.3 Å². The van der Waals surface area contributed by atoms with Gasteiger partial charge in [0.05, 0.1) is 0 Å². The molecule has 0 unspecified atom stereocenters. The van der Waals surface area contributed by atoms with E-state index in [1.54, 1.807) is 0 Å². The average molecular weight is 285 g/mol. The summed E-state index contributed by atoms with van der Waals surface area (Å²) in [4.78, 5) is 6.90. The lowest BCUT2D eigenvalue weighted by Crippen LogP contribution is -2.28. The first-order chi connectivity index (χ1) is 10.3. The van der Waals surface area contributed by atoms with E-state index in [4.69, 9.17) is 0 Å². The SMILES string of the molecule is Cc1ccc(CCc2nc(N3CCCNCC3)n[nH]2)cc1. The van der Waals surface area contributed by atoms with Gasteiger partial charge in [-0.25, -0.2) is 0 Å². The zero-order valence-corrected chi connectivity index (χ0v) is 12.6. The maximum Gasteiger partial charge on any atom is 0.244 e. The van der Waals surface area contributed by atoms with Gasteiger partial charge in [-0.3, -0.25) is 5.10 Å². The third-order valence-corrected chi connectivity index (χ3v) is 3.91. The van der Waals surface area contributed by atoms with Gasteiger partial charge < -0.3 is 10.2 Å². The van der Waals surface area contributed by atoms with Crippen molar-refractivity contribution >= 4 is 5.95 Å². The summed E-state index contributed by atoms with van der Waals surface area (Å²) >= 11 is 0. The molecule has 0 amide bonds. The van der Waals surface area contributed by atoms with Crippen molar-refractivity contribution in [2.45, 2.75) is 26.2 Å². The molecule has 112 valence electrons. The monoisotopic (exact) mass is 285 g/mol. The first kappa shape index (κ1) is 14.1. The van der Waals surface area contributed by atoms with Crippen molar-refractivity contribution in [3.63, 3.8) is 0 Å². The minimum absolute atomic E-state index is 0.845. The Morgan fingerprint density at radius 1 is 1.10 bits per heavy atom. The molecule has 5 heteroatoms. The van der Waals surface area contributed by atoms with Crippen molar-refractivity contribution < 1.29 is 0 Å². The molecule has 1 fully saturated rings. The first-order valence-electron chi connectivity index (χ1n) is 7.74. The van der Waals surface area contributed by atoms with Crippen LogP contribution in [0.3, 0.4) is 0 Å². The van der Waals surface area contributed by atoms with Crippen molar-refractivity contribution in [1.82, 2.24) is 20.5 Å². The van der Waals surface area contributed by atoms with Crippen LogP contribution >= 0.6 is 0 Å². The zero-order chi connectivity index (χ0) is 14.5. The molecule has 2 heterocycles. The minimum atomic E-state index is 0.845. The summed E-state index contributed by atoms with van der Waals surface area (Å²) in [5, 5.41) is 10.8. The molecule has 21 heavy (non-hydrogen) atoms. The van der Waals surface area contributed by atoms with E-state index in [2.05, 4.69) is 56.6 Å². The third kappa shape index (κ3) is 3.82. The maximum atomic E-state index is 4.64. The van der Waals surface area contributed by atoms with Crippen LogP contribution in [0.2, 0.25) is 0 Å². The van der Waals surface area contributed by atoms with Gasteiger partial charge in [0.2, 0.25) is 5.95 Å². The fourth-order valence-corrected chi connectivity index (χ4v) is 2.60. The van der Waals surface area contributed by atoms with Crippen molar-refractivity contribution in [3.8, 4) is 0 Å². The molecular weight excluding hydrogens is 262 g/mol. The zero-order valence-electron chi connectivity index (χ0n) is 12.6. The fourth-order valence-electron chi connectivity index (χ4n) is 2.60. The molecule has 1 aromatic carbocycles. The predicted octanol–water partition coefficient (Wildman–Crippen LogP) is 1.70. The second kappa shape index (κ2) is 6.72. The fraction of sp³-hybridized carbons (Fsp3) is 0.500. The van der Waals surface area contributed by atoms with Gasteiger partial charge in [0.15, 0.2) is 0 Å². The minimum Gasteiger partial charge on any atom is -0.338 e. The highest BCUT2D eigenvalue weighted by atomic mass is 15.4. The summed E-state index contributed by atoms with van der Waals surface area (Å²) in [6, 6.07) is 8.69. The van der Waals surface area contributed by atoms with Crippen LogP contribution in [-0.2, 0) is 12.8 Å². The Bertz CT molecular complexity index is 552. The number of benzene rings is 1. The van der Waals surface area contributed by atoms with Crippen molar-refractivity contribution in [2.24, 2.45) is 0 Å². The number of hydrogen-bond acceptors (Lipinski definition) is 4. The van der Waals surface area contributed by atoms with Gasteiger partial charge in [0.25, 0.3) is 0 Å². The Kier molecular flexibility index (Phi) is 4.50. The molecule has 1 aromatic heterocycles. The number of aromatic nitrogens is 3. The topological polar surface area (TPSA) is 56.8 Å². The van der Waals surface area contributed by atoms with Crippen LogP contribution in [0, 0.1) is 6.92 Å². The van der Waals surface area contributed by atoms with Crippen LogP contribution in [-0.4, -0.2) is 41.4 Å². The van der Waals surface area contributed by atoms with Gasteiger partial charge in [-0.05, 0) is 31.9 Å². The average Bonchev–Trinajstić information content (AvgIpc) is 2.80. The standard InChI is InChI=1S/C16H23N5/c1-13-3-5-14(6-4-13)7-8-15-18-16(20-19-15)21-11-2-9-17-10-12-21/h3-6,17H,2,7-12H2,1H3,(H,18,19,20). The van der Waals surface area contributed by atoms with E-state index in [0.717, 1.165) is 57.2 Å². The molecule has 0 bridgehead atoms. The number of anilines is 1. The number of hydrogen-bond donors (Lipinski definition) is 2. The molecule has 2 N–H and O–H groups in total. The van der Waals surface area contributed by atoms with Crippen molar-refractivity contribution in [3.05, 3.63) is 41.2 Å². The Balaban J connectivity index is 1.58.